The summed E-state index contributed by atoms with van der Waals surface area (Å²) in [5, 5.41) is 0. The second-order valence-corrected chi connectivity index (χ2v) is 7.51. The Morgan fingerprint density at radius 3 is 2.00 bits per heavy atom. The minimum absolute atomic E-state index is 0.0800. The SMILES string of the molecule is C#CCOP(=O)(OCOCC)OCC(C)OP(=O)(OCC)OCC#C. The molecule has 0 radical (unpaired) electrons. The maximum absolute atomic E-state index is 12.4. The van der Waals surface area contributed by atoms with Gasteiger partial charge in [-0.3, -0.25) is 27.1 Å². The Kier molecular flexibility index (Phi) is 13.1. The standard InChI is InChI=1S/C14H24O9P2/c1-6-10-19-24(15,22-13-17-8-3)21-12-14(5)23-25(16,18-9-4)20-11-7-2/h1-2,14H,8-13H2,3-5H3. The first-order valence-corrected chi connectivity index (χ1v) is 10.3. The van der Waals surface area contributed by atoms with Gasteiger partial charge in [-0.1, -0.05) is 11.8 Å². The fourth-order valence-corrected chi connectivity index (χ4v) is 3.53. The van der Waals surface area contributed by atoms with Crippen LogP contribution in [0, 0.1) is 24.7 Å². The van der Waals surface area contributed by atoms with Crippen LogP contribution in [0.3, 0.4) is 0 Å². The molecule has 0 aliphatic carbocycles. The van der Waals surface area contributed by atoms with Crippen LogP contribution in [0.1, 0.15) is 20.8 Å². The summed E-state index contributed by atoms with van der Waals surface area (Å²) in [6, 6.07) is 0. The lowest BCUT2D eigenvalue weighted by molar-refractivity contribution is -0.0151. The zero-order valence-electron chi connectivity index (χ0n) is 14.5. The molecule has 0 heterocycles. The van der Waals surface area contributed by atoms with Gasteiger partial charge in [0.05, 0.1) is 19.3 Å². The minimum Gasteiger partial charge on any atom is -0.355 e. The third-order valence-corrected chi connectivity index (χ3v) is 5.14. The van der Waals surface area contributed by atoms with E-state index in [1.807, 2.05) is 0 Å². The molecule has 0 aromatic carbocycles. The Morgan fingerprint density at radius 1 is 0.880 bits per heavy atom. The number of hydrogen-bond donors (Lipinski definition) is 0. The van der Waals surface area contributed by atoms with Gasteiger partial charge in [0.1, 0.15) is 13.2 Å². The number of terminal acetylenes is 2. The van der Waals surface area contributed by atoms with Gasteiger partial charge in [0.2, 0.25) is 0 Å². The number of hydrogen-bond acceptors (Lipinski definition) is 9. The first-order valence-electron chi connectivity index (χ1n) is 7.40. The van der Waals surface area contributed by atoms with Crippen LogP contribution in [-0.4, -0.2) is 45.9 Å². The van der Waals surface area contributed by atoms with Crippen molar-refractivity contribution in [2.75, 3.05) is 39.8 Å². The Balaban J connectivity index is 4.68. The highest BCUT2D eigenvalue weighted by Gasteiger charge is 2.32. The number of ether oxygens (including phenoxy) is 1. The molecule has 0 spiro atoms. The van der Waals surface area contributed by atoms with Gasteiger partial charge in [-0.05, 0) is 20.8 Å². The second-order valence-electron chi connectivity index (χ2n) is 4.22. The number of rotatable bonds is 15. The average molecular weight is 398 g/mol. The average Bonchev–Trinajstić information content (AvgIpc) is 2.57. The molecular weight excluding hydrogens is 374 g/mol. The zero-order chi connectivity index (χ0) is 19.2. The second kappa shape index (κ2) is 13.5. The molecule has 0 amide bonds. The van der Waals surface area contributed by atoms with Crippen molar-refractivity contribution in [3.63, 3.8) is 0 Å². The van der Waals surface area contributed by atoms with Crippen LogP contribution in [0.15, 0.2) is 0 Å². The van der Waals surface area contributed by atoms with Crippen LogP contribution < -0.4 is 0 Å². The van der Waals surface area contributed by atoms with Gasteiger partial charge in [-0.2, -0.15) is 0 Å². The van der Waals surface area contributed by atoms with E-state index in [0.29, 0.717) is 6.61 Å². The van der Waals surface area contributed by atoms with E-state index >= 15 is 0 Å². The lowest BCUT2D eigenvalue weighted by Gasteiger charge is -2.22. The van der Waals surface area contributed by atoms with Crippen LogP contribution in [0.25, 0.3) is 0 Å². The fourth-order valence-electron chi connectivity index (χ4n) is 1.23. The summed E-state index contributed by atoms with van der Waals surface area (Å²) in [6.45, 7) is 4.11. The minimum atomic E-state index is -3.97. The predicted molar refractivity (Wildman–Crippen MR) is 90.5 cm³/mol. The molecule has 9 nitrogen and oxygen atoms in total. The van der Waals surface area contributed by atoms with Crippen molar-refractivity contribution >= 4 is 15.6 Å². The van der Waals surface area contributed by atoms with Crippen molar-refractivity contribution < 1.29 is 41.0 Å². The van der Waals surface area contributed by atoms with Crippen LogP contribution in [-0.2, 0) is 41.0 Å². The van der Waals surface area contributed by atoms with Gasteiger partial charge in [0.15, 0.2) is 6.79 Å². The summed E-state index contributed by atoms with van der Waals surface area (Å²) < 4.78 is 59.6. The third kappa shape index (κ3) is 11.5. The van der Waals surface area contributed by atoms with Crippen LogP contribution in [0.5, 0.6) is 0 Å². The molecule has 0 aliphatic heterocycles. The maximum atomic E-state index is 12.4. The number of phosphoric ester groups is 2. The molecule has 0 N–H and O–H groups in total. The van der Waals surface area contributed by atoms with Crippen molar-refractivity contribution in [3.8, 4) is 24.7 Å². The van der Waals surface area contributed by atoms with Gasteiger partial charge in [0, 0.05) is 6.61 Å². The first-order chi connectivity index (χ1) is 11.8. The molecule has 25 heavy (non-hydrogen) atoms. The van der Waals surface area contributed by atoms with Crippen LogP contribution >= 0.6 is 15.6 Å². The Bertz CT molecular complexity index is 537. The van der Waals surface area contributed by atoms with Crippen molar-refractivity contribution in [2.45, 2.75) is 26.9 Å². The monoisotopic (exact) mass is 398 g/mol. The quantitative estimate of drug-likeness (QED) is 0.178. The first kappa shape index (κ1) is 24.3. The molecule has 0 fully saturated rings. The zero-order valence-corrected chi connectivity index (χ0v) is 16.3. The number of phosphoric acid groups is 2. The molecule has 0 saturated heterocycles. The Morgan fingerprint density at radius 2 is 1.48 bits per heavy atom. The predicted octanol–water partition coefficient (Wildman–Crippen LogP) is 2.97. The van der Waals surface area contributed by atoms with E-state index < -0.39 is 21.7 Å². The Labute approximate surface area is 148 Å². The van der Waals surface area contributed by atoms with Crippen LogP contribution in [0.2, 0.25) is 0 Å². The molecule has 0 saturated carbocycles. The molecule has 0 aromatic heterocycles. The smallest absolute Gasteiger partial charge is 0.355 e. The van der Waals surface area contributed by atoms with E-state index in [2.05, 4.69) is 11.8 Å². The molecular formula is C14H24O9P2. The summed E-state index contributed by atoms with van der Waals surface area (Å²) >= 11 is 0. The summed E-state index contributed by atoms with van der Waals surface area (Å²) in [6.07, 6.45) is 9.27. The summed E-state index contributed by atoms with van der Waals surface area (Å²) in [5.74, 6) is 4.31. The van der Waals surface area contributed by atoms with E-state index in [-0.39, 0.29) is 33.2 Å². The topological polar surface area (TPSA) is 98.8 Å². The van der Waals surface area contributed by atoms with E-state index in [9.17, 15) is 9.13 Å². The lowest BCUT2D eigenvalue weighted by atomic mass is 10.5. The molecule has 0 aromatic rings. The molecule has 0 aliphatic rings. The highest BCUT2D eigenvalue weighted by molar-refractivity contribution is 7.48. The summed E-state index contributed by atoms with van der Waals surface area (Å²) in [5.41, 5.74) is 0. The maximum Gasteiger partial charge on any atom is 0.477 e. The summed E-state index contributed by atoms with van der Waals surface area (Å²) in [4.78, 5) is 0. The fraction of sp³-hybridized carbons (Fsp3) is 0.714. The largest absolute Gasteiger partial charge is 0.477 e. The van der Waals surface area contributed by atoms with E-state index in [4.69, 9.17) is 44.7 Å². The van der Waals surface area contributed by atoms with Gasteiger partial charge in [-0.15, -0.1) is 12.8 Å². The molecule has 11 heteroatoms. The van der Waals surface area contributed by atoms with Crippen molar-refractivity contribution in [1.29, 1.82) is 0 Å². The highest BCUT2D eigenvalue weighted by atomic mass is 31.2. The van der Waals surface area contributed by atoms with E-state index in [1.165, 1.54) is 6.92 Å². The van der Waals surface area contributed by atoms with Crippen LogP contribution in [0.4, 0.5) is 0 Å². The van der Waals surface area contributed by atoms with Gasteiger partial charge >= 0.3 is 15.6 Å². The van der Waals surface area contributed by atoms with E-state index in [1.54, 1.807) is 13.8 Å². The van der Waals surface area contributed by atoms with Crippen molar-refractivity contribution in [1.82, 2.24) is 0 Å². The lowest BCUT2D eigenvalue weighted by Crippen LogP contribution is -2.17. The highest BCUT2D eigenvalue weighted by Crippen LogP contribution is 2.52. The van der Waals surface area contributed by atoms with Gasteiger partial charge in [-0.25, -0.2) is 9.13 Å². The third-order valence-electron chi connectivity index (χ3n) is 2.17. The molecule has 3 unspecified atom stereocenters. The molecule has 144 valence electrons. The Hall–Kier alpha value is -0.700. The summed E-state index contributed by atoms with van der Waals surface area (Å²) in [7, 11) is -7.84. The normalized spacial score (nSPS) is 17.0. The van der Waals surface area contributed by atoms with Gasteiger partial charge < -0.3 is 4.74 Å². The van der Waals surface area contributed by atoms with E-state index in [0.717, 1.165) is 0 Å². The van der Waals surface area contributed by atoms with Crippen molar-refractivity contribution in [3.05, 3.63) is 0 Å². The molecule has 0 rings (SSSR count). The molecule has 3 atom stereocenters. The van der Waals surface area contributed by atoms with Gasteiger partial charge in [0.25, 0.3) is 0 Å². The molecule has 0 bridgehead atoms. The van der Waals surface area contributed by atoms with Crippen molar-refractivity contribution in [2.24, 2.45) is 0 Å².